The van der Waals surface area contributed by atoms with E-state index in [9.17, 15) is 4.79 Å². The molecule has 5 heteroatoms. The molecular weight excluding hydrogens is 314 g/mol. The van der Waals surface area contributed by atoms with Crippen molar-refractivity contribution >= 4 is 6.03 Å². The maximum atomic E-state index is 12.4. The second-order valence-electron chi connectivity index (χ2n) is 7.76. The summed E-state index contributed by atoms with van der Waals surface area (Å²) >= 11 is 0. The van der Waals surface area contributed by atoms with Gasteiger partial charge >= 0.3 is 6.03 Å². The fourth-order valence-corrected chi connectivity index (χ4v) is 4.46. The van der Waals surface area contributed by atoms with E-state index in [1.54, 1.807) is 0 Å². The Morgan fingerprint density at radius 3 is 2.80 bits per heavy atom. The summed E-state index contributed by atoms with van der Waals surface area (Å²) in [6, 6.07) is 6.49. The van der Waals surface area contributed by atoms with Gasteiger partial charge in [-0.15, -0.1) is 0 Å². The van der Waals surface area contributed by atoms with Crippen LogP contribution in [0, 0.1) is 5.41 Å². The molecule has 0 saturated carbocycles. The van der Waals surface area contributed by atoms with Crippen LogP contribution >= 0.6 is 0 Å². The van der Waals surface area contributed by atoms with Crippen LogP contribution in [-0.2, 0) is 12.8 Å². The molecule has 0 aliphatic carbocycles. The van der Waals surface area contributed by atoms with E-state index in [1.165, 1.54) is 24.0 Å². The van der Waals surface area contributed by atoms with Gasteiger partial charge in [0, 0.05) is 26.1 Å². The molecule has 0 unspecified atom stereocenters. The van der Waals surface area contributed by atoms with E-state index in [-0.39, 0.29) is 6.03 Å². The number of ether oxygens (including phenoxy) is 1. The van der Waals surface area contributed by atoms with Gasteiger partial charge in [0.2, 0.25) is 0 Å². The minimum atomic E-state index is 0.105. The van der Waals surface area contributed by atoms with Crippen molar-refractivity contribution in [2.45, 2.75) is 38.5 Å². The van der Waals surface area contributed by atoms with Crippen LogP contribution in [-0.4, -0.2) is 50.3 Å². The topological polar surface area (TPSA) is 53.6 Å². The minimum absolute atomic E-state index is 0.105. The average Bonchev–Trinajstić information content (AvgIpc) is 3.11. The van der Waals surface area contributed by atoms with Crippen molar-refractivity contribution in [2.24, 2.45) is 5.41 Å². The van der Waals surface area contributed by atoms with Crippen LogP contribution in [0.5, 0.6) is 5.75 Å². The zero-order valence-electron chi connectivity index (χ0n) is 15.0. The van der Waals surface area contributed by atoms with Crippen molar-refractivity contribution in [3.63, 3.8) is 0 Å². The van der Waals surface area contributed by atoms with Crippen molar-refractivity contribution < 1.29 is 9.53 Å². The van der Waals surface area contributed by atoms with E-state index in [2.05, 4.69) is 28.8 Å². The molecule has 0 atom stereocenters. The molecule has 0 radical (unpaired) electrons. The third kappa shape index (κ3) is 3.76. The number of urea groups is 1. The fourth-order valence-electron chi connectivity index (χ4n) is 4.46. The Bertz CT molecular complexity index is 615. The van der Waals surface area contributed by atoms with Gasteiger partial charge in [0.25, 0.3) is 0 Å². The second-order valence-corrected chi connectivity index (χ2v) is 7.76. The molecule has 2 amide bonds. The highest BCUT2D eigenvalue weighted by atomic mass is 16.5. The lowest BCUT2D eigenvalue weighted by atomic mass is 9.72. The molecule has 2 N–H and O–H groups in total. The number of carbonyl (C=O) groups excluding carboxylic acids is 1. The first-order chi connectivity index (χ1) is 12.2. The van der Waals surface area contributed by atoms with E-state index in [4.69, 9.17) is 4.74 Å². The minimum Gasteiger partial charge on any atom is -0.493 e. The van der Waals surface area contributed by atoms with Crippen LogP contribution in [0.2, 0.25) is 0 Å². The lowest BCUT2D eigenvalue weighted by molar-refractivity contribution is 0.0875. The zero-order valence-corrected chi connectivity index (χ0v) is 15.0. The summed E-state index contributed by atoms with van der Waals surface area (Å²) in [4.78, 5) is 14.4. The molecule has 1 aromatic rings. The highest BCUT2D eigenvalue weighted by Crippen LogP contribution is 2.39. The monoisotopic (exact) mass is 343 g/mol. The Morgan fingerprint density at radius 1 is 1.20 bits per heavy atom. The predicted molar refractivity (Wildman–Crippen MR) is 98.1 cm³/mol. The first-order valence-electron chi connectivity index (χ1n) is 9.72. The number of nitrogens with zero attached hydrogens (tertiary/aromatic N) is 1. The second kappa shape index (κ2) is 7.24. The Morgan fingerprint density at radius 2 is 2.00 bits per heavy atom. The van der Waals surface area contributed by atoms with Crippen molar-refractivity contribution in [3.05, 3.63) is 29.3 Å². The molecule has 2 saturated heterocycles. The summed E-state index contributed by atoms with van der Waals surface area (Å²) in [5, 5.41) is 6.55. The van der Waals surface area contributed by atoms with Gasteiger partial charge in [-0.3, -0.25) is 0 Å². The van der Waals surface area contributed by atoms with Crippen LogP contribution in [0.1, 0.15) is 36.8 Å². The van der Waals surface area contributed by atoms with Gasteiger partial charge in [0.1, 0.15) is 5.75 Å². The van der Waals surface area contributed by atoms with E-state index < -0.39 is 0 Å². The van der Waals surface area contributed by atoms with Gasteiger partial charge < -0.3 is 20.3 Å². The molecular formula is C20H29N3O2. The maximum Gasteiger partial charge on any atom is 0.317 e. The summed E-state index contributed by atoms with van der Waals surface area (Å²) < 4.78 is 5.54. The quantitative estimate of drug-likeness (QED) is 0.886. The van der Waals surface area contributed by atoms with Crippen molar-refractivity contribution in [2.75, 3.05) is 39.3 Å². The highest BCUT2D eigenvalue weighted by molar-refractivity contribution is 5.74. The Balaban J connectivity index is 1.22. The standard InChI is InChI=1S/C20H29N3O2/c24-19(23-12-7-20(8-13-23)5-10-21-11-6-20)22-9-3-16-1-2-18-17(15-16)4-14-25-18/h1-2,15,21H,3-14H2,(H,22,24). The summed E-state index contributed by atoms with van der Waals surface area (Å²) in [7, 11) is 0. The van der Waals surface area contributed by atoms with Crippen LogP contribution in [0.15, 0.2) is 18.2 Å². The van der Waals surface area contributed by atoms with Crippen LogP contribution in [0.4, 0.5) is 4.79 Å². The fraction of sp³-hybridized carbons (Fsp3) is 0.650. The number of hydrogen-bond donors (Lipinski definition) is 2. The van der Waals surface area contributed by atoms with Crippen LogP contribution < -0.4 is 15.4 Å². The smallest absolute Gasteiger partial charge is 0.317 e. The Hall–Kier alpha value is -1.75. The molecule has 2 fully saturated rings. The van der Waals surface area contributed by atoms with Crippen molar-refractivity contribution in [1.82, 2.24) is 15.5 Å². The first kappa shape index (κ1) is 16.7. The number of fused-ring (bicyclic) bond motifs is 1. The third-order valence-electron chi connectivity index (χ3n) is 6.22. The largest absolute Gasteiger partial charge is 0.493 e. The number of likely N-dealkylation sites (tertiary alicyclic amines) is 1. The van der Waals surface area contributed by atoms with E-state index >= 15 is 0 Å². The molecule has 4 rings (SSSR count). The van der Waals surface area contributed by atoms with Gasteiger partial charge in [0.15, 0.2) is 0 Å². The molecule has 136 valence electrons. The molecule has 0 bridgehead atoms. The molecule has 0 aromatic heterocycles. The molecule has 1 spiro atoms. The number of carbonyl (C=O) groups is 1. The zero-order chi connectivity index (χ0) is 17.1. The molecule has 3 aliphatic rings. The van der Waals surface area contributed by atoms with E-state index in [0.29, 0.717) is 12.0 Å². The first-order valence-corrected chi connectivity index (χ1v) is 9.72. The number of piperidine rings is 2. The summed E-state index contributed by atoms with van der Waals surface area (Å²) in [5.74, 6) is 1.02. The lowest BCUT2D eigenvalue weighted by Crippen LogP contribution is -2.50. The highest BCUT2D eigenvalue weighted by Gasteiger charge is 2.36. The maximum absolute atomic E-state index is 12.4. The van der Waals surface area contributed by atoms with Gasteiger partial charge in [0.05, 0.1) is 6.61 Å². The summed E-state index contributed by atoms with van der Waals surface area (Å²) in [6.07, 6.45) is 6.73. The Labute approximate surface area is 150 Å². The van der Waals surface area contributed by atoms with Crippen molar-refractivity contribution in [1.29, 1.82) is 0 Å². The van der Waals surface area contributed by atoms with E-state index in [0.717, 1.165) is 64.2 Å². The SMILES string of the molecule is O=C(NCCc1ccc2c(c1)CCO2)N1CCC2(CCNCC2)CC1. The number of nitrogens with one attached hydrogen (secondary N) is 2. The molecule has 3 aliphatic heterocycles. The number of hydrogen-bond acceptors (Lipinski definition) is 3. The number of benzene rings is 1. The number of amides is 2. The molecule has 1 aromatic carbocycles. The predicted octanol–water partition coefficient (Wildman–Crippen LogP) is 2.34. The molecule has 25 heavy (non-hydrogen) atoms. The van der Waals surface area contributed by atoms with Gasteiger partial charge in [-0.1, -0.05) is 12.1 Å². The number of rotatable bonds is 3. The summed E-state index contributed by atoms with van der Waals surface area (Å²) in [6.45, 7) is 5.58. The Kier molecular flexibility index (Phi) is 4.84. The average molecular weight is 343 g/mol. The van der Waals surface area contributed by atoms with Crippen molar-refractivity contribution in [3.8, 4) is 5.75 Å². The lowest BCUT2D eigenvalue weighted by Gasteiger charge is -2.44. The van der Waals surface area contributed by atoms with Gasteiger partial charge in [-0.2, -0.15) is 0 Å². The molecule has 5 nitrogen and oxygen atoms in total. The summed E-state index contributed by atoms with van der Waals surface area (Å²) in [5.41, 5.74) is 3.07. The van der Waals surface area contributed by atoms with Crippen LogP contribution in [0.3, 0.4) is 0 Å². The normalized spacial score (nSPS) is 21.7. The van der Waals surface area contributed by atoms with Gasteiger partial charge in [-0.05, 0) is 67.8 Å². The van der Waals surface area contributed by atoms with Gasteiger partial charge in [-0.25, -0.2) is 4.79 Å². The van der Waals surface area contributed by atoms with E-state index in [1.807, 2.05) is 4.90 Å². The van der Waals surface area contributed by atoms with Crippen LogP contribution in [0.25, 0.3) is 0 Å². The molecule has 3 heterocycles. The third-order valence-corrected chi connectivity index (χ3v) is 6.22.